The van der Waals surface area contributed by atoms with Crippen LogP contribution < -0.4 is 15.8 Å². The summed E-state index contributed by atoms with van der Waals surface area (Å²) >= 11 is 1.27. The van der Waals surface area contributed by atoms with Gasteiger partial charge in [-0.1, -0.05) is 12.1 Å². The molecule has 0 saturated heterocycles. The maximum atomic E-state index is 11.8. The fourth-order valence-electron chi connectivity index (χ4n) is 1.84. The highest BCUT2D eigenvalue weighted by atomic mass is 35.5. The van der Waals surface area contributed by atoms with Gasteiger partial charge in [-0.15, -0.1) is 23.7 Å². The van der Waals surface area contributed by atoms with Crippen LogP contribution in [0, 0.1) is 0 Å². The number of benzene rings is 1. The van der Waals surface area contributed by atoms with E-state index in [9.17, 15) is 13.2 Å². The first kappa shape index (κ1) is 21.3. The van der Waals surface area contributed by atoms with Gasteiger partial charge in [-0.05, 0) is 12.1 Å². The Labute approximate surface area is 156 Å². The second kappa shape index (κ2) is 9.11. The number of hydrogen-bond acceptors (Lipinski definition) is 7. The van der Waals surface area contributed by atoms with Crippen LogP contribution in [0.15, 0.2) is 29.6 Å². The van der Waals surface area contributed by atoms with Crippen molar-refractivity contribution in [3.63, 3.8) is 0 Å². The molecule has 0 fully saturated rings. The summed E-state index contributed by atoms with van der Waals surface area (Å²) in [5, 5.41) is 4.85. The largest absolute Gasteiger partial charge is 0.383 e. The molecule has 0 aliphatic heterocycles. The molecule has 1 amide bonds. The average molecular weight is 407 g/mol. The highest BCUT2D eigenvalue weighted by molar-refractivity contribution is 7.92. The van der Waals surface area contributed by atoms with E-state index in [1.807, 2.05) is 0 Å². The molecule has 138 valence electrons. The molecule has 0 bridgehead atoms. The predicted molar refractivity (Wildman–Crippen MR) is 102 cm³/mol. The molecule has 4 N–H and O–H groups in total. The Morgan fingerprint density at radius 3 is 2.56 bits per heavy atom. The highest BCUT2D eigenvalue weighted by Crippen LogP contribution is 2.26. The van der Waals surface area contributed by atoms with E-state index in [-0.39, 0.29) is 24.9 Å². The Hall–Kier alpha value is -1.72. The van der Waals surface area contributed by atoms with Crippen molar-refractivity contribution in [3.8, 4) is 11.3 Å². The average Bonchev–Trinajstić information content (AvgIpc) is 2.95. The summed E-state index contributed by atoms with van der Waals surface area (Å²) in [5.41, 5.74) is 7.58. The summed E-state index contributed by atoms with van der Waals surface area (Å²) in [6.45, 7) is 0.124. The number of anilines is 2. The Bertz CT molecular complexity index is 808. The van der Waals surface area contributed by atoms with Crippen LogP contribution in [0.2, 0.25) is 0 Å². The number of ether oxygens (including phenoxy) is 1. The minimum Gasteiger partial charge on any atom is -0.383 e. The second-order valence-electron chi connectivity index (χ2n) is 5.04. The van der Waals surface area contributed by atoms with E-state index in [0.29, 0.717) is 16.5 Å². The molecule has 25 heavy (non-hydrogen) atoms. The number of halogens is 1. The van der Waals surface area contributed by atoms with Crippen molar-refractivity contribution in [2.45, 2.75) is 6.04 Å². The lowest BCUT2D eigenvalue weighted by Crippen LogP contribution is -2.39. The van der Waals surface area contributed by atoms with Crippen molar-refractivity contribution in [1.82, 2.24) is 4.98 Å². The van der Waals surface area contributed by atoms with E-state index < -0.39 is 16.1 Å². The van der Waals surface area contributed by atoms with E-state index in [4.69, 9.17) is 10.5 Å². The molecule has 0 aliphatic rings. The van der Waals surface area contributed by atoms with Crippen molar-refractivity contribution in [3.05, 3.63) is 29.6 Å². The molecule has 0 radical (unpaired) electrons. The number of carbonyl (C=O) groups is 1. The molecule has 0 aliphatic carbocycles. The van der Waals surface area contributed by atoms with Crippen LogP contribution >= 0.6 is 23.7 Å². The monoisotopic (exact) mass is 406 g/mol. The summed E-state index contributed by atoms with van der Waals surface area (Å²) in [6.07, 6.45) is 1.09. The smallest absolute Gasteiger partial charge is 0.245 e. The third-order valence-electron chi connectivity index (χ3n) is 2.90. The van der Waals surface area contributed by atoms with Crippen LogP contribution in [0.3, 0.4) is 0 Å². The zero-order valence-corrected chi connectivity index (χ0v) is 16.0. The third-order valence-corrected chi connectivity index (χ3v) is 4.27. The predicted octanol–water partition coefficient (Wildman–Crippen LogP) is 1.52. The molecule has 1 aromatic heterocycles. The lowest BCUT2D eigenvalue weighted by molar-refractivity contribution is -0.118. The first-order chi connectivity index (χ1) is 11.3. The summed E-state index contributed by atoms with van der Waals surface area (Å²) in [5.74, 6) is -0.370. The maximum absolute atomic E-state index is 11.8. The van der Waals surface area contributed by atoms with Crippen molar-refractivity contribution in [1.29, 1.82) is 0 Å². The molecule has 2 rings (SSSR count). The minimum absolute atomic E-state index is 0. The number of sulfonamides is 1. The molecular formula is C14H19ClN4O4S2. The zero-order valence-electron chi connectivity index (χ0n) is 13.6. The summed E-state index contributed by atoms with van der Waals surface area (Å²) in [4.78, 5) is 16.1. The van der Waals surface area contributed by atoms with Crippen LogP contribution in [0.5, 0.6) is 0 Å². The van der Waals surface area contributed by atoms with Gasteiger partial charge < -0.3 is 15.8 Å². The van der Waals surface area contributed by atoms with E-state index >= 15 is 0 Å². The molecule has 1 aromatic carbocycles. The number of hydrogen-bond donors (Lipinski definition) is 3. The van der Waals surface area contributed by atoms with Gasteiger partial charge >= 0.3 is 0 Å². The number of amides is 1. The molecule has 1 heterocycles. The fourth-order valence-corrected chi connectivity index (χ4v) is 3.13. The number of methoxy groups -OCH3 is 1. The number of nitrogens with one attached hydrogen (secondary N) is 2. The zero-order chi connectivity index (χ0) is 17.7. The van der Waals surface area contributed by atoms with Crippen molar-refractivity contribution in [2.24, 2.45) is 5.73 Å². The van der Waals surface area contributed by atoms with Gasteiger partial charge in [-0.2, -0.15) is 0 Å². The third kappa shape index (κ3) is 6.59. The number of nitrogens with zero attached hydrogens (tertiary/aromatic N) is 1. The Morgan fingerprint density at radius 2 is 2.00 bits per heavy atom. The van der Waals surface area contributed by atoms with Crippen molar-refractivity contribution in [2.75, 3.05) is 30.0 Å². The van der Waals surface area contributed by atoms with Crippen LogP contribution in [0.1, 0.15) is 0 Å². The van der Waals surface area contributed by atoms with Crippen LogP contribution in [0.25, 0.3) is 11.3 Å². The lowest BCUT2D eigenvalue weighted by Gasteiger charge is -2.08. The molecular weight excluding hydrogens is 388 g/mol. The Kier molecular flexibility index (Phi) is 7.77. The molecule has 11 heteroatoms. The molecule has 2 aromatic rings. The summed E-state index contributed by atoms with van der Waals surface area (Å²) in [7, 11) is -1.84. The van der Waals surface area contributed by atoms with Gasteiger partial charge in [0.25, 0.3) is 0 Å². The number of rotatable bonds is 7. The number of aromatic nitrogens is 1. The normalized spacial score (nSPS) is 12.1. The summed E-state index contributed by atoms with van der Waals surface area (Å²) in [6, 6.07) is 6.00. The molecule has 0 saturated carbocycles. The van der Waals surface area contributed by atoms with Gasteiger partial charge in [0.2, 0.25) is 15.9 Å². The Morgan fingerprint density at radius 1 is 1.36 bits per heavy atom. The van der Waals surface area contributed by atoms with Crippen molar-refractivity contribution < 1.29 is 17.9 Å². The molecule has 1 unspecified atom stereocenters. The molecule has 1 atom stereocenters. The van der Waals surface area contributed by atoms with Gasteiger partial charge in [-0.25, -0.2) is 13.4 Å². The maximum Gasteiger partial charge on any atom is 0.245 e. The van der Waals surface area contributed by atoms with Gasteiger partial charge in [0.1, 0.15) is 6.04 Å². The van der Waals surface area contributed by atoms with E-state index in [0.717, 1.165) is 11.8 Å². The number of nitrogens with two attached hydrogens (primary N) is 1. The van der Waals surface area contributed by atoms with Crippen LogP contribution in [-0.4, -0.2) is 45.3 Å². The van der Waals surface area contributed by atoms with Crippen LogP contribution in [0.4, 0.5) is 10.8 Å². The Balaban J connectivity index is 0.00000312. The first-order valence-electron chi connectivity index (χ1n) is 6.87. The lowest BCUT2D eigenvalue weighted by atomic mass is 10.1. The molecule has 8 nitrogen and oxygen atoms in total. The minimum atomic E-state index is -3.31. The topological polar surface area (TPSA) is 123 Å². The highest BCUT2D eigenvalue weighted by Gasteiger charge is 2.15. The SMILES string of the molecule is COCC(N)C(=O)Nc1nc(-c2ccc(NS(C)(=O)=O)cc2)cs1.Cl. The van der Waals surface area contributed by atoms with Gasteiger partial charge in [0.05, 0.1) is 18.6 Å². The van der Waals surface area contributed by atoms with E-state index in [1.54, 1.807) is 29.6 Å². The fraction of sp³-hybridized carbons (Fsp3) is 0.286. The summed E-state index contributed by atoms with van der Waals surface area (Å²) < 4.78 is 29.6. The first-order valence-corrected chi connectivity index (χ1v) is 9.65. The standard InChI is InChI=1S/C14H18N4O4S2.ClH/c1-22-7-11(15)13(19)17-14-16-12(8-23-14)9-3-5-10(6-4-9)18-24(2,20)21;/h3-6,8,11,18H,7,15H2,1-2H3,(H,16,17,19);1H. The van der Waals surface area contributed by atoms with E-state index in [2.05, 4.69) is 15.0 Å². The quantitative estimate of drug-likeness (QED) is 0.640. The van der Waals surface area contributed by atoms with Gasteiger partial charge in [-0.3, -0.25) is 9.52 Å². The van der Waals surface area contributed by atoms with E-state index in [1.165, 1.54) is 18.4 Å². The number of carbonyl (C=O) groups excluding carboxylic acids is 1. The van der Waals surface area contributed by atoms with Crippen molar-refractivity contribution >= 4 is 50.5 Å². The van der Waals surface area contributed by atoms with Gasteiger partial charge in [0.15, 0.2) is 5.13 Å². The second-order valence-corrected chi connectivity index (χ2v) is 7.65. The van der Waals surface area contributed by atoms with Crippen LogP contribution in [-0.2, 0) is 19.6 Å². The molecule has 0 spiro atoms. The number of thiazole rings is 1. The van der Waals surface area contributed by atoms with Gasteiger partial charge in [0, 0.05) is 23.7 Å².